The Morgan fingerprint density at radius 3 is 2.42 bits per heavy atom. The van der Waals surface area contributed by atoms with Crippen molar-refractivity contribution in [1.82, 2.24) is 4.90 Å². The Morgan fingerprint density at radius 1 is 1.32 bits per heavy atom. The quantitative estimate of drug-likeness (QED) is 0.871. The molecule has 3 heteroatoms. The third kappa shape index (κ3) is 4.90. The van der Waals surface area contributed by atoms with Gasteiger partial charge in [0.2, 0.25) is 0 Å². The van der Waals surface area contributed by atoms with E-state index in [2.05, 4.69) is 54.6 Å². The number of aryl methyl sites for hydroxylation is 1. The number of halogens is 1. The van der Waals surface area contributed by atoms with Crippen molar-refractivity contribution in [1.29, 1.82) is 0 Å². The normalized spacial score (nSPS) is 13.9. The maximum Gasteiger partial charge on any atom is 0.0802 e. The van der Waals surface area contributed by atoms with E-state index in [1.165, 1.54) is 5.56 Å². The summed E-state index contributed by atoms with van der Waals surface area (Å²) in [6.45, 7) is 12.8. The second-order valence-electron chi connectivity index (χ2n) is 6.06. The third-order valence-corrected chi connectivity index (χ3v) is 4.46. The summed E-state index contributed by atoms with van der Waals surface area (Å²) in [4.78, 5) is 2.39. The largest absolute Gasteiger partial charge is 0.388 e. The molecule has 19 heavy (non-hydrogen) atoms. The Labute approximate surface area is 126 Å². The first-order valence-corrected chi connectivity index (χ1v) is 7.74. The molecule has 0 fully saturated rings. The van der Waals surface area contributed by atoms with E-state index in [1.807, 2.05) is 19.1 Å². The molecule has 1 rings (SSSR count). The minimum absolute atomic E-state index is 0.157. The van der Waals surface area contributed by atoms with E-state index >= 15 is 0 Å². The molecule has 1 aromatic rings. The van der Waals surface area contributed by atoms with Gasteiger partial charge in [-0.15, -0.1) is 0 Å². The van der Waals surface area contributed by atoms with E-state index in [0.717, 1.165) is 29.5 Å². The number of hydrogen-bond donors (Lipinski definition) is 1. The molecule has 0 heterocycles. The second-order valence-corrected chi connectivity index (χ2v) is 6.92. The van der Waals surface area contributed by atoms with Crippen molar-refractivity contribution in [2.24, 2.45) is 0 Å². The first kappa shape index (κ1) is 16.7. The van der Waals surface area contributed by atoms with Gasteiger partial charge in [-0.05, 0) is 57.9 Å². The molecule has 0 radical (unpaired) electrons. The third-order valence-electron chi connectivity index (χ3n) is 3.57. The van der Waals surface area contributed by atoms with Crippen molar-refractivity contribution in [3.8, 4) is 0 Å². The molecule has 0 spiro atoms. The lowest BCUT2D eigenvalue weighted by molar-refractivity contribution is 0.0997. The van der Waals surface area contributed by atoms with Gasteiger partial charge >= 0.3 is 0 Å². The van der Waals surface area contributed by atoms with Crippen molar-refractivity contribution in [2.75, 3.05) is 13.1 Å². The van der Waals surface area contributed by atoms with Crippen LogP contribution in [0.4, 0.5) is 0 Å². The second kappa shape index (κ2) is 6.87. The maximum absolute atomic E-state index is 10.3. The predicted molar refractivity (Wildman–Crippen MR) is 85.5 cm³/mol. The van der Waals surface area contributed by atoms with Crippen molar-refractivity contribution in [3.63, 3.8) is 0 Å². The molecule has 1 N–H and O–H groups in total. The van der Waals surface area contributed by atoms with Crippen molar-refractivity contribution < 1.29 is 5.11 Å². The average Bonchev–Trinajstić information content (AvgIpc) is 2.31. The number of rotatable bonds is 5. The zero-order chi connectivity index (χ0) is 14.6. The van der Waals surface area contributed by atoms with Crippen LogP contribution >= 0.6 is 15.9 Å². The van der Waals surface area contributed by atoms with Gasteiger partial charge in [-0.3, -0.25) is 4.90 Å². The Hall–Kier alpha value is -0.380. The van der Waals surface area contributed by atoms with Crippen LogP contribution in [0.2, 0.25) is 0 Å². The van der Waals surface area contributed by atoms with Gasteiger partial charge in [0, 0.05) is 16.6 Å². The summed E-state index contributed by atoms with van der Waals surface area (Å²) in [5, 5.41) is 10.3. The van der Waals surface area contributed by atoms with E-state index in [0.29, 0.717) is 0 Å². The van der Waals surface area contributed by atoms with E-state index in [1.54, 1.807) is 0 Å². The van der Waals surface area contributed by atoms with E-state index in [4.69, 9.17) is 0 Å². The molecule has 0 amide bonds. The Kier molecular flexibility index (Phi) is 6.03. The van der Waals surface area contributed by atoms with Crippen molar-refractivity contribution in [3.05, 3.63) is 33.8 Å². The van der Waals surface area contributed by atoms with E-state index in [9.17, 15) is 5.11 Å². The number of benzene rings is 1. The van der Waals surface area contributed by atoms with E-state index in [-0.39, 0.29) is 11.6 Å². The first-order valence-electron chi connectivity index (χ1n) is 6.95. The SMILES string of the molecule is CCN(CCC(O)c1ccc(Br)c(C)c1)C(C)(C)C. The molecule has 2 nitrogen and oxygen atoms in total. The fourth-order valence-electron chi connectivity index (χ4n) is 2.29. The highest BCUT2D eigenvalue weighted by Crippen LogP contribution is 2.24. The highest BCUT2D eigenvalue weighted by molar-refractivity contribution is 9.10. The van der Waals surface area contributed by atoms with Gasteiger partial charge < -0.3 is 5.11 Å². The van der Waals surface area contributed by atoms with Gasteiger partial charge in [0.25, 0.3) is 0 Å². The minimum Gasteiger partial charge on any atom is -0.388 e. The molecule has 0 aliphatic rings. The van der Waals surface area contributed by atoms with Crippen molar-refractivity contribution in [2.45, 2.75) is 52.7 Å². The molecule has 0 saturated carbocycles. The molecule has 0 aliphatic heterocycles. The number of nitrogens with zero attached hydrogens (tertiary/aromatic N) is 1. The summed E-state index contributed by atoms with van der Waals surface area (Å²) in [7, 11) is 0. The molecular formula is C16H26BrNO. The van der Waals surface area contributed by atoms with Crippen LogP contribution in [0.5, 0.6) is 0 Å². The lowest BCUT2D eigenvalue weighted by Gasteiger charge is -2.35. The summed E-state index contributed by atoms with van der Waals surface area (Å²) in [6.07, 6.45) is 0.384. The van der Waals surface area contributed by atoms with Gasteiger partial charge in [0.1, 0.15) is 0 Å². The zero-order valence-corrected chi connectivity index (χ0v) is 14.3. The van der Waals surface area contributed by atoms with Crippen LogP contribution in [0.15, 0.2) is 22.7 Å². The zero-order valence-electron chi connectivity index (χ0n) is 12.7. The maximum atomic E-state index is 10.3. The Bertz CT molecular complexity index is 412. The summed E-state index contributed by atoms with van der Waals surface area (Å²) >= 11 is 3.49. The first-order chi connectivity index (χ1) is 8.75. The Morgan fingerprint density at radius 2 is 1.95 bits per heavy atom. The van der Waals surface area contributed by atoms with Crippen LogP contribution in [0.25, 0.3) is 0 Å². The van der Waals surface area contributed by atoms with Gasteiger partial charge in [0.15, 0.2) is 0 Å². The minimum atomic E-state index is -0.386. The van der Waals surface area contributed by atoms with Gasteiger partial charge in [-0.1, -0.05) is 35.0 Å². The summed E-state index contributed by atoms with van der Waals surface area (Å²) in [5.74, 6) is 0. The lowest BCUT2D eigenvalue weighted by Crippen LogP contribution is -2.42. The number of hydrogen-bond acceptors (Lipinski definition) is 2. The van der Waals surface area contributed by atoms with E-state index < -0.39 is 0 Å². The average molecular weight is 328 g/mol. The van der Waals surface area contributed by atoms with Crippen molar-refractivity contribution >= 4 is 15.9 Å². The number of aliphatic hydroxyl groups is 1. The monoisotopic (exact) mass is 327 g/mol. The van der Waals surface area contributed by atoms with Crippen LogP contribution in [0.1, 0.15) is 51.3 Å². The molecule has 108 valence electrons. The van der Waals surface area contributed by atoms with Crippen LogP contribution < -0.4 is 0 Å². The molecule has 0 bridgehead atoms. The summed E-state index contributed by atoms with van der Waals surface area (Å²) in [5.41, 5.74) is 2.33. The molecule has 1 aromatic carbocycles. The van der Waals surface area contributed by atoms with Crippen LogP contribution in [-0.2, 0) is 0 Å². The Balaban J connectivity index is 2.64. The number of aliphatic hydroxyl groups excluding tert-OH is 1. The summed E-state index contributed by atoms with van der Waals surface area (Å²) in [6, 6.07) is 6.06. The topological polar surface area (TPSA) is 23.5 Å². The van der Waals surface area contributed by atoms with Crippen LogP contribution in [0, 0.1) is 6.92 Å². The molecule has 0 saturated heterocycles. The molecular weight excluding hydrogens is 302 g/mol. The predicted octanol–water partition coefficient (Wildman–Crippen LogP) is 4.30. The molecule has 0 aromatic heterocycles. The fourth-order valence-corrected chi connectivity index (χ4v) is 2.53. The smallest absolute Gasteiger partial charge is 0.0802 e. The fraction of sp³-hybridized carbons (Fsp3) is 0.625. The van der Waals surface area contributed by atoms with Gasteiger partial charge in [-0.2, -0.15) is 0 Å². The highest BCUT2D eigenvalue weighted by Gasteiger charge is 2.20. The molecule has 1 atom stereocenters. The molecule has 1 unspecified atom stereocenters. The molecule has 0 aliphatic carbocycles. The lowest BCUT2D eigenvalue weighted by atomic mass is 10.0. The summed E-state index contributed by atoms with van der Waals surface area (Å²) < 4.78 is 1.09. The van der Waals surface area contributed by atoms with Gasteiger partial charge in [0.05, 0.1) is 6.10 Å². The highest BCUT2D eigenvalue weighted by atomic mass is 79.9. The van der Waals surface area contributed by atoms with Crippen LogP contribution in [0.3, 0.4) is 0 Å². The van der Waals surface area contributed by atoms with Gasteiger partial charge in [-0.25, -0.2) is 0 Å². The van der Waals surface area contributed by atoms with Crippen LogP contribution in [-0.4, -0.2) is 28.6 Å². The standard InChI is InChI=1S/C16H26BrNO/c1-6-18(16(3,4)5)10-9-15(19)13-7-8-14(17)12(2)11-13/h7-8,11,15,19H,6,9-10H2,1-5H3.